The zero-order valence-electron chi connectivity index (χ0n) is 14.6. The van der Waals surface area contributed by atoms with Gasteiger partial charge < -0.3 is 10.1 Å². The summed E-state index contributed by atoms with van der Waals surface area (Å²) in [5, 5.41) is 3.64. The van der Waals surface area contributed by atoms with Gasteiger partial charge in [-0.15, -0.1) is 0 Å². The van der Waals surface area contributed by atoms with E-state index >= 15 is 0 Å². The summed E-state index contributed by atoms with van der Waals surface area (Å²) in [4.78, 5) is 21.3. The first kappa shape index (κ1) is 17.9. The van der Waals surface area contributed by atoms with Crippen LogP contribution in [0, 0.1) is 6.92 Å². The summed E-state index contributed by atoms with van der Waals surface area (Å²) in [6, 6.07) is 19.0. The van der Waals surface area contributed by atoms with Crippen molar-refractivity contribution in [3.63, 3.8) is 0 Å². The molecule has 0 saturated heterocycles. The summed E-state index contributed by atoms with van der Waals surface area (Å²) in [6.45, 7) is 1.93. The van der Waals surface area contributed by atoms with Crippen molar-refractivity contribution in [2.24, 2.45) is 0 Å². The van der Waals surface area contributed by atoms with E-state index in [-0.39, 0.29) is 11.7 Å². The van der Waals surface area contributed by atoms with E-state index in [1.54, 1.807) is 13.2 Å². The zero-order valence-corrected chi connectivity index (χ0v) is 15.4. The molecular formula is C20H19N3O2S. The first-order chi connectivity index (χ1) is 12.6. The fraction of sp³-hybridized carbons (Fsp3) is 0.150. The van der Waals surface area contributed by atoms with Crippen LogP contribution in [0.25, 0.3) is 11.4 Å². The lowest BCUT2D eigenvalue weighted by molar-refractivity contribution is -0.113. The molecular weight excluding hydrogens is 346 g/mol. The number of thioether (sulfide) groups is 1. The lowest BCUT2D eigenvalue weighted by Crippen LogP contribution is -2.14. The molecule has 26 heavy (non-hydrogen) atoms. The van der Waals surface area contributed by atoms with Crippen molar-refractivity contribution in [3.8, 4) is 17.1 Å². The number of methoxy groups -OCH3 is 1. The molecule has 1 N–H and O–H groups in total. The number of aromatic nitrogens is 2. The fourth-order valence-electron chi connectivity index (χ4n) is 2.37. The van der Waals surface area contributed by atoms with Gasteiger partial charge in [0.1, 0.15) is 10.8 Å². The molecule has 0 saturated carbocycles. The van der Waals surface area contributed by atoms with Crippen molar-refractivity contribution in [1.82, 2.24) is 9.97 Å². The number of amides is 1. The lowest BCUT2D eigenvalue weighted by Gasteiger charge is -2.08. The van der Waals surface area contributed by atoms with Gasteiger partial charge in [0.05, 0.1) is 12.9 Å². The number of anilines is 1. The number of nitrogens with zero attached hydrogens (tertiary/aromatic N) is 2. The Balaban J connectivity index is 1.65. The van der Waals surface area contributed by atoms with Gasteiger partial charge in [0.2, 0.25) is 5.91 Å². The average Bonchev–Trinajstić information content (AvgIpc) is 2.67. The maximum Gasteiger partial charge on any atom is 0.234 e. The summed E-state index contributed by atoms with van der Waals surface area (Å²) in [6.07, 6.45) is 0. The number of hydrogen-bond acceptors (Lipinski definition) is 5. The monoisotopic (exact) mass is 365 g/mol. The van der Waals surface area contributed by atoms with E-state index in [0.29, 0.717) is 17.3 Å². The molecule has 0 aliphatic carbocycles. The molecule has 1 amide bonds. The minimum atomic E-state index is -0.0965. The first-order valence-electron chi connectivity index (χ1n) is 8.12. The molecule has 0 spiro atoms. The minimum absolute atomic E-state index is 0.0965. The zero-order chi connectivity index (χ0) is 18.4. The van der Waals surface area contributed by atoms with E-state index in [1.165, 1.54) is 11.8 Å². The number of nitrogens with one attached hydrogen (secondary N) is 1. The Morgan fingerprint density at radius 3 is 2.65 bits per heavy atom. The maximum absolute atomic E-state index is 12.2. The van der Waals surface area contributed by atoms with E-state index in [1.807, 2.05) is 61.5 Å². The van der Waals surface area contributed by atoms with Crippen LogP contribution in [0.5, 0.6) is 5.75 Å². The van der Waals surface area contributed by atoms with Gasteiger partial charge in [-0.05, 0) is 25.1 Å². The van der Waals surface area contributed by atoms with Crippen molar-refractivity contribution in [2.75, 3.05) is 18.2 Å². The minimum Gasteiger partial charge on any atom is -0.497 e. The van der Waals surface area contributed by atoms with Crippen molar-refractivity contribution < 1.29 is 9.53 Å². The molecule has 0 fully saturated rings. The molecule has 0 unspecified atom stereocenters. The summed E-state index contributed by atoms with van der Waals surface area (Å²) in [7, 11) is 1.60. The summed E-state index contributed by atoms with van der Waals surface area (Å²) in [5.41, 5.74) is 2.53. The summed E-state index contributed by atoms with van der Waals surface area (Å²) >= 11 is 1.39. The summed E-state index contributed by atoms with van der Waals surface area (Å²) < 4.78 is 5.16. The molecule has 0 atom stereocenters. The van der Waals surface area contributed by atoms with Crippen LogP contribution in [0.15, 0.2) is 65.7 Å². The van der Waals surface area contributed by atoms with E-state index in [2.05, 4.69) is 15.3 Å². The molecule has 132 valence electrons. The molecule has 0 radical (unpaired) electrons. The molecule has 0 bridgehead atoms. The highest BCUT2D eigenvalue weighted by atomic mass is 32.2. The van der Waals surface area contributed by atoms with Crippen LogP contribution >= 0.6 is 11.8 Å². The van der Waals surface area contributed by atoms with Crippen molar-refractivity contribution >= 4 is 23.4 Å². The van der Waals surface area contributed by atoms with Gasteiger partial charge in [0.25, 0.3) is 0 Å². The highest BCUT2D eigenvalue weighted by molar-refractivity contribution is 7.99. The van der Waals surface area contributed by atoms with Gasteiger partial charge in [-0.1, -0.05) is 48.2 Å². The number of carbonyl (C=O) groups is 1. The van der Waals surface area contributed by atoms with E-state index in [4.69, 9.17) is 4.74 Å². The predicted octanol–water partition coefficient (Wildman–Crippen LogP) is 4.19. The Hall–Kier alpha value is -2.86. The largest absolute Gasteiger partial charge is 0.497 e. The second-order valence-corrected chi connectivity index (χ2v) is 6.60. The fourth-order valence-corrected chi connectivity index (χ4v) is 3.12. The Bertz CT molecular complexity index is 901. The summed E-state index contributed by atoms with van der Waals surface area (Å²) in [5.74, 6) is 1.54. The van der Waals surface area contributed by atoms with Crippen molar-refractivity contribution in [3.05, 3.63) is 66.4 Å². The topological polar surface area (TPSA) is 64.1 Å². The van der Waals surface area contributed by atoms with Crippen molar-refractivity contribution in [2.45, 2.75) is 11.9 Å². The van der Waals surface area contributed by atoms with Gasteiger partial charge in [-0.25, -0.2) is 9.97 Å². The number of ether oxygens (including phenoxy) is 1. The number of aryl methyl sites for hydroxylation is 1. The van der Waals surface area contributed by atoms with Crippen LogP contribution in [0.2, 0.25) is 0 Å². The average molecular weight is 365 g/mol. The van der Waals surface area contributed by atoms with Crippen molar-refractivity contribution in [1.29, 1.82) is 0 Å². The van der Waals surface area contributed by atoms with Gasteiger partial charge in [-0.2, -0.15) is 0 Å². The van der Waals surface area contributed by atoms with Gasteiger partial charge >= 0.3 is 0 Å². The predicted molar refractivity (Wildman–Crippen MR) is 105 cm³/mol. The standard InChI is InChI=1S/C20H19N3O2S/c1-14-11-19(23-20(21-14)15-7-4-3-5-8-15)26-13-18(24)22-16-9-6-10-17(12-16)25-2/h3-12H,13H2,1-2H3,(H,22,24). The number of rotatable bonds is 6. The lowest BCUT2D eigenvalue weighted by atomic mass is 10.2. The number of benzene rings is 2. The maximum atomic E-state index is 12.2. The molecule has 3 rings (SSSR count). The Morgan fingerprint density at radius 2 is 1.88 bits per heavy atom. The molecule has 6 heteroatoms. The molecule has 1 aromatic heterocycles. The number of hydrogen-bond donors (Lipinski definition) is 1. The third-order valence-electron chi connectivity index (χ3n) is 3.57. The van der Waals surface area contributed by atoms with Gasteiger partial charge in [0, 0.05) is 23.0 Å². The van der Waals surface area contributed by atoms with E-state index in [0.717, 1.165) is 16.3 Å². The Labute approximate surface area is 156 Å². The second-order valence-electron chi connectivity index (χ2n) is 5.61. The Kier molecular flexibility index (Phi) is 5.86. The quantitative estimate of drug-likeness (QED) is 0.524. The van der Waals surface area contributed by atoms with Crippen LogP contribution in [-0.4, -0.2) is 28.7 Å². The van der Waals surface area contributed by atoms with Crippen LogP contribution in [-0.2, 0) is 4.79 Å². The van der Waals surface area contributed by atoms with Crippen LogP contribution in [0.1, 0.15) is 5.69 Å². The highest BCUT2D eigenvalue weighted by Crippen LogP contribution is 2.22. The van der Waals surface area contributed by atoms with Crippen LogP contribution in [0.4, 0.5) is 5.69 Å². The van der Waals surface area contributed by atoms with Crippen LogP contribution in [0.3, 0.4) is 0 Å². The Morgan fingerprint density at radius 1 is 1.08 bits per heavy atom. The third kappa shape index (κ3) is 4.83. The second kappa shape index (κ2) is 8.49. The van der Waals surface area contributed by atoms with E-state index in [9.17, 15) is 4.79 Å². The first-order valence-corrected chi connectivity index (χ1v) is 9.10. The molecule has 5 nitrogen and oxygen atoms in total. The smallest absolute Gasteiger partial charge is 0.234 e. The van der Waals surface area contributed by atoms with Gasteiger partial charge in [-0.3, -0.25) is 4.79 Å². The van der Waals surface area contributed by atoms with Gasteiger partial charge in [0.15, 0.2) is 5.82 Å². The highest BCUT2D eigenvalue weighted by Gasteiger charge is 2.09. The van der Waals surface area contributed by atoms with E-state index < -0.39 is 0 Å². The van der Waals surface area contributed by atoms with Crippen LogP contribution < -0.4 is 10.1 Å². The molecule has 2 aromatic carbocycles. The SMILES string of the molecule is COc1cccc(NC(=O)CSc2cc(C)nc(-c3ccccc3)n2)c1. The third-order valence-corrected chi connectivity index (χ3v) is 4.48. The molecule has 1 heterocycles. The molecule has 0 aliphatic rings. The number of carbonyl (C=O) groups excluding carboxylic acids is 1. The molecule has 3 aromatic rings. The normalized spacial score (nSPS) is 10.4. The molecule has 0 aliphatic heterocycles.